The topological polar surface area (TPSA) is 76.7 Å². The number of amides is 2. The van der Waals surface area contributed by atoms with Gasteiger partial charge in [0.05, 0.1) is 26.1 Å². The lowest BCUT2D eigenvalue weighted by Gasteiger charge is -2.10. The minimum Gasteiger partial charge on any atom is -0.493 e. The van der Waals surface area contributed by atoms with E-state index >= 15 is 0 Å². The molecule has 0 radical (unpaired) electrons. The van der Waals surface area contributed by atoms with Crippen molar-refractivity contribution in [2.45, 2.75) is 19.8 Å². The Labute approximate surface area is 130 Å². The smallest absolute Gasteiger partial charge is 0.228 e. The Kier molecular flexibility index (Phi) is 5.25. The van der Waals surface area contributed by atoms with Gasteiger partial charge in [0.25, 0.3) is 0 Å². The molecule has 0 aliphatic heterocycles. The first-order valence-electron chi connectivity index (χ1n) is 7.41. The summed E-state index contributed by atoms with van der Waals surface area (Å²) in [7, 11) is 3.10. The van der Waals surface area contributed by atoms with Crippen molar-refractivity contribution in [3.63, 3.8) is 0 Å². The van der Waals surface area contributed by atoms with Crippen LogP contribution in [0.3, 0.4) is 0 Å². The van der Waals surface area contributed by atoms with Crippen LogP contribution in [-0.2, 0) is 9.59 Å². The van der Waals surface area contributed by atoms with E-state index in [4.69, 9.17) is 9.47 Å². The van der Waals surface area contributed by atoms with E-state index < -0.39 is 0 Å². The van der Waals surface area contributed by atoms with Crippen molar-refractivity contribution >= 4 is 17.5 Å². The Morgan fingerprint density at radius 1 is 1.14 bits per heavy atom. The first-order chi connectivity index (χ1) is 10.6. The summed E-state index contributed by atoms with van der Waals surface area (Å²) in [4.78, 5) is 23.9. The summed E-state index contributed by atoms with van der Waals surface area (Å²) < 4.78 is 10.3. The Hall–Kier alpha value is -2.24. The second-order valence-electron chi connectivity index (χ2n) is 5.30. The van der Waals surface area contributed by atoms with E-state index in [1.54, 1.807) is 32.4 Å². The molecular weight excluding hydrogens is 284 g/mol. The third kappa shape index (κ3) is 3.69. The molecule has 2 rings (SSSR count). The minimum absolute atomic E-state index is 0.0330. The zero-order valence-corrected chi connectivity index (χ0v) is 13.1. The average Bonchev–Trinajstić information content (AvgIpc) is 3.33. The van der Waals surface area contributed by atoms with E-state index in [0.29, 0.717) is 30.2 Å². The summed E-state index contributed by atoms with van der Waals surface area (Å²) in [6, 6.07) is 5.17. The van der Waals surface area contributed by atoms with Crippen LogP contribution in [0.2, 0.25) is 0 Å². The summed E-state index contributed by atoms with van der Waals surface area (Å²) in [5.74, 6) is 0.534. The summed E-state index contributed by atoms with van der Waals surface area (Å²) in [5.41, 5.74) is 0.627. The molecule has 1 aliphatic carbocycles. The highest BCUT2D eigenvalue weighted by atomic mass is 16.5. The van der Waals surface area contributed by atoms with Crippen molar-refractivity contribution in [2.24, 2.45) is 11.8 Å². The third-order valence-corrected chi connectivity index (χ3v) is 3.66. The van der Waals surface area contributed by atoms with E-state index in [0.717, 1.165) is 6.42 Å². The number of hydrogen-bond donors (Lipinski definition) is 2. The van der Waals surface area contributed by atoms with E-state index in [1.165, 1.54) is 0 Å². The predicted molar refractivity (Wildman–Crippen MR) is 83.1 cm³/mol. The van der Waals surface area contributed by atoms with Crippen molar-refractivity contribution in [3.05, 3.63) is 18.2 Å². The maximum atomic E-state index is 12.2. The highest BCUT2D eigenvalue weighted by Gasteiger charge is 2.47. The van der Waals surface area contributed by atoms with Crippen LogP contribution < -0.4 is 20.1 Å². The highest BCUT2D eigenvalue weighted by Crippen LogP contribution is 2.40. The van der Waals surface area contributed by atoms with Crippen molar-refractivity contribution < 1.29 is 19.1 Å². The van der Waals surface area contributed by atoms with E-state index in [2.05, 4.69) is 10.6 Å². The molecule has 6 heteroatoms. The molecule has 1 fully saturated rings. The van der Waals surface area contributed by atoms with Crippen molar-refractivity contribution in [1.82, 2.24) is 5.32 Å². The van der Waals surface area contributed by atoms with Crippen LogP contribution in [-0.4, -0.2) is 32.6 Å². The van der Waals surface area contributed by atoms with Gasteiger partial charge in [0.15, 0.2) is 11.5 Å². The van der Waals surface area contributed by atoms with Gasteiger partial charge in [0, 0.05) is 18.3 Å². The minimum atomic E-state index is -0.245. The molecule has 120 valence electrons. The van der Waals surface area contributed by atoms with Gasteiger partial charge >= 0.3 is 0 Å². The number of carbonyl (C=O) groups excluding carboxylic acids is 2. The number of hydrogen-bond acceptors (Lipinski definition) is 4. The van der Waals surface area contributed by atoms with Gasteiger partial charge in [-0.15, -0.1) is 0 Å². The van der Waals surface area contributed by atoms with Crippen LogP contribution in [0.5, 0.6) is 11.5 Å². The van der Waals surface area contributed by atoms with Gasteiger partial charge in [-0.25, -0.2) is 0 Å². The molecule has 1 aromatic rings. The van der Waals surface area contributed by atoms with Gasteiger partial charge in [0.1, 0.15) is 0 Å². The van der Waals surface area contributed by atoms with Crippen LogP contribution in [0.15, 0.2) is 18.2 Å². The third-order valence-electron chi connectivity index (χ3n) is 3.66. The van der Waals surface area contributed by atoms with Crippen LogP contribution >= 0.6 is 0 Å². The normalized spacial score (nSPS) is 19.2. The monoisotopic (exact) mass is 306 g/mol. The van der Waals surface area contributed by atoms with Gasteiger partial charge in [-0.05, 0) is 25.0 Å². The fraction of sp³-hybridized carbons (Fsp3) is 0.500. The molecule has 1 aliphatic rings. The number of rotatable bonds is 7. The number of nitrogens with one attached hydrogen (secondary N) is 2. The maximum Gasteiger partial charge on any atom is 0.228 e. The standard InChI is InChI=1S/C16H22N2O4/c1-4-7-17-15(19)11-9-12(11)16(20)18-10-5-6-13(21-2)14(8-10)22-3/h5-6,8,11-12H,4,7,9H2,1-3H3,(H,17,19)(H,18,20). The van der Waals surface area contributed by atoms with Crippen LogP contribution in [0.4, 0.5) is 5.69 Å². The van der Waals surface area contributed by atoms with Crippen LogP contribution in [0.25, 0.3) is 0 Å². The van der Waals surface area contributed by atoms with Gasteiger partial charge in [-0.1, -0.05) is 6.92 Å². The number of carbonyl (C=O) groups is 2. The largest absolute Gasteiger partial charge is 0.493 e. The fourth-order valence-electron chi connectivity index (χ4n) is 2.30. The lowest BCUT2D eigenvalue weighted by Crippen LogP contribution is -2.27. The van der Waals surface area contributed by atoms with Gasteiger partial charge < -0.3 is 20.1 Å². The quantitative estimate of drug-likeness (QED) is 0.805. The Morgan fingerprint density at radius 2 is 1.82 bits per heavy atom. The average molecular weight is 306 g/mol. The molecule has 2 atom stereocenters. The van der Waals surface area contributed by atoms with Gasteiger partial charge in [0.2, 0.25) is 11.8 Å². The molecule has 2 unspecified atom stereocenters. The molecule has 0 saturated heterocycles. The van der Waals surface area contributed by atoms with Crippen molar-refractivity contribution in [2.75, 3.05) is 26.1 Å². The molecule has 2 N–H and O–H groups in total. The molecule has 1 saturated carbocycles. The second kappa shape index (κ2) is 7.15. The highest BCUT2D eigenvalue weighted by molar-refractivity contribution is 5.99. The van der Waals surface area contributed by atoms with E-state index in [-0.39, 0.29) is 23.7 Å². The molecule has 0 spiro atoms. The molecule has 0 aromatic heterocycles. The zero-order valence-electron chi connectivity index (χ0n) is 13.1. The van der Waals surface area contributed by atoms with Crippen molar-refractivity contribution in [3.8, 4) is 11.5 Å². The van der Waals surface area contributed by atoms with Gasteiger partial charge in [-0.2, -0.15) is 0 Å². The Bertz CT molecular complexity index is 559. The van der Waals surface area contributed by atoms with Crippen molar-refractivity contribution in [1.29, 1.82) is 0 Å². The molecular formula is C16H22N2O4. The predicted octanol–water partition coefficient (Wildman–Crippen LogP) is 1.80. The number of ether oxygens (including phenoxy) is 2. The maximum absolute atomic E-state index is 12.2. The SMILES string of the molecule is CCCNC(=O)C1CC1C(=O)Nc1ccc(OC)c(OC)c1. The van der Waals surface area contributed by atoms with E-state index in [9.17, 15) is 9.59 Å². The summed E-state index contributed by atoms with van der Waals surface area (Å²) in [6.45, 7) is 2.65. The molecule has 2 amide bonds. The van der Waals surface area contributed by atoms with Crippen LogP contribution in [0, 0.1) is 11.8 Å². The van der Waals surface area contributed by atoms with Crippen LogP contribution in [0.1, 0.15) is 19.8 Å². The Balaban J connectivity index is 1.92. The number of methoxy groups -OCH3 is 2. The molecule has 0 heterocycles. The molecule has 6 nitrogen and oxygen atoms in total. The number of anilines is 1. The van der Waals surface area contributed by atoms with Gasteiger partial charge in [-0.3, -0.25) is 9.59 Å². The molecule has 22 heavy (non-hydrogen) atoms. The lowest BCUT2D eigenvalue weighted by atomic mass is 10.2. The summed E-state index contributed by atoms with van der Waals surface area (Å²) >= 11 is 0. The lowest BCUT2D eigenvalue weighted by molar-refractivity contribution is -0.125. The fourth-order valence-corrected chi connectivity index (χ4v) is 2.30. The zero-order chi connectivity index (χ0) is 16.1. The summed E-state index contributed by atoms with van der Waals surface area (Å²) in [6.07, 6.45) is 1.50. The number of benzene rings is 1. The first kappa shape index (κ1) is 16.1. The molecule has 1 aromatic carbocycles. The Morgan fingerprint density at radius 3 is 2.45 bits per heavy atom. The first-order valence-corrected chi connectivity index (χ1v) is 7.41. The van der Waals surface area contributed by atoms with E-state index in [1.807, 2.05) is 6.92 Å². The summed E-state index contributed by atoms with van der Waals surface area (Å²) in [5, 5.41) is 5.64. The second-order valence-corrected chi connectivity index (χ2v) is 5.30. The molecule has 0 bridgehead atoms.